The van der Waals surface area contributed by atoms with Crippen molar-refractivity contribution in [2.45, 2.75) is 56.7 Å². The second-order valence-corrected chi connectivity index (χ2v) is 8.34. The van der Waals surface area contributed by atoms with Crippen molar-refractivity contribution in [1.29, 1.82) is 0 Å². The van der Waals surface area contributed by atoms with Crippen molar-refractivity contribution in [2.24, 2.45) is 0 Å². The summed E-state index contributed by atoms with van der Waals surface area (Å²) in [6, 6.07) is 7.70. The van der Waals surface area contributed by atoms with E-state index in [1.807, 2.05) is 31.2 Å². The van der Waals surface area contributed by atoms with E-state index in [4.69, 9.17) is 4.74 Å². The molecule has 28 heavy (non-hydrogen) atoms. The molecule has 1 aromatic carbocycles. The standard InChI is InChI=1S/C21H25N3O3S/c1-14-6-2-3-9-17(14)22-19(25)13-28-20-16-8-4-10-18(16)24(21(26)23-20)12-15-7-5-11-27-15/h2-3,6,9,15H,4-5,7-8,10-13H2,1H3,(H,22,25)/t15-/m0/s1. The van der Waals surface area contributed by atoms with Crippen LogP contribution >= 0.6 is 11.8 Å². The van der Waals surface area contributed by atoms with E-state index in [2.05, 4.69) is 10.3 Å². The smallest absolute Gasteiger partial charge is 0.348 e. The number of nitrogens with zero attached hydrogens (tertiary/aromatic N) is 2. The maximum absolute atomic E-state index is 12.7. The van der Waals surface area contributed by atoms with E-state index >= 15 is 0 Å². The predicted octanol–water partition coefficient (Wildman–Crippen LogP) is 2.95. The fourth-order valence-electron chi connectivity index (χ4n) is 3.92. The van der Waals surface area contributed by atoms with Crippen molar-refractivity contribution < 1.29 is 9.53 Å². The average molecular weight is 400 g/mol. The van der Waals surface area contributed by atoms with Crippen molar-refractivity contribution in [3.05, 3.63) is 51.6 Å². The molecule has 148 valence electrons. The van der Waals surface area contributed by atoms with Gasteiger partial charge in [0, 0.05) is 23.6 Å². The zero-order chi connectivity index (χ0) is 19.5. The molecule has 2 aliphatic rings. The summed E-state index contributed by atoms with van der Waals surface area (Å²) in [5.74, 6) is 0.152. The molecule has 2 aromatic rings. The Kier molecular flexibility index (Phi) is 5.82. The van der Waals surface area contributed by atoms with E-state index < -0.39 is 0 Å². The van der Waals surface area contributed by atoms with Crippen LogP contribution in [0.2, 0.25) is 0 Å². The van der Waals surface area contributed by atoms with Crippen molar-refractivity contribution in [2.75, 3.05) is 17.7 Å². The van der Waals surface area contributed by atoms with Gasteiger partial charge in [-0.3, -0.25) is 9.36 Å². The highest BCUT2D eigenvalue weighted by atomic mass is 32.2. The van der Waals surface area contributed by atoms with Crippen LogP contribution in [0.4, 0.5) is 5.69 Å². The monoisotopic (exact) mass is 399 g/mol. The van der Waals surface area contributed by atoms with Crippen molar-refractivity contribution in [3.63, 3.8) is 0 Å². The summed E-state index contributed by atoms with van der Waals surface area (Å²) in [4.78, 5) is 29.3. The summed E-state index contributed by atoms with van der Waals surface area (Å²) >= 11 is 1.36. The number of nitrogens with one attached hydrogen (secondary N) is 1. The lowest BCUT2D eigenvalue weighted by Gasteiger charge is -2.17. The Balaban J connectivity index is 1.47. The molecular formula is C21H25N3O3S. The molecular weight excluding hydrogens is 374 g/mol. The molecule has 0 bridgehead atoms. The molecule has 0 saturated carbocycles. The zero-order valence-electron chi connectivity index (χ0n) is 16.1. The third-order valence-corrected chi connectivity index (χ3v) is 6.39. The Hall–Kier alpha value is -2.12. The quantitative estimate of drug-likeness (QED) is 0.597. The molecule has 1 aromatic heterocycles. The fraction of sp³-hybridized carbons (Fsp3) is 0.476. The molecule has 4 rings (SSSR count). The number of carbonyl (C=O) groups is 1. The molecule has 1 amide bonds. The third-order valence-electron chi connectivity index (χ3n) is 5.37. The van der Waals surface area contributed by atoms with Crippen LogP contribution in [0.1, 0.15) is 36.1 Å². The Labute approximate surface area is 168 Å². The number of hydrogen-bond acceptors (Lipinski definition) is 5. The van der Waals surface area contributed by atoms with Crippen molar-refractivity contribution in [1.82, 2.24) is 9.55 Å². The first-order valence-electron chi connectivity index (χ1n) is 9.84. The number of aryl methyl sites for hydroxylation is 1. The second kappa shape index (κ2) is 8.49. The molecule has 1 aliphatic carbocycles. The maximum Gasteiger partial charge on any atom is 0.348 e. The number of amides is 1. The Morgan fingerprint density at radius 1 is 1.32 bits per heavy atom. The summed E-state index contributed by atoms with van der Waals surface area (Å²) in [6.45, 7) is 3.33. The van der Waals surface area contributed by atoms with Gasteiger partial charge in [0.15, 0.2) is 0 Å². The Morgan fingerprint density at radius 2 is 2.18 bits per heavy atom. The van der Waals surface area contributed by atoms with Crippen LogP contribution in [0, 0.1) is 6.92 Å². The molecule has 2 heterocycles. The number of aromatic nitrogens is 2. The molecule has 0 spiro atoms. The predicted molar refractivity (Wildman–Crippen MR) is 110 cm³/mol. The maximum atomic E-state index is 12.7. The number of ether oxygens (including phenoxy) is 1. The molecule has 0 unspecified atom stereocenters. The van der Waals surface area contributed by atoms with Gasteiger partial charge in [-0.2, -0.15) is 4.98 Å². The molecule has 6 nitrogen and oxygen atoms in total. The van der Waals surface area contributed by atoms with Gasteiger partial charge in [-0.05, 0) is 50.7 Å². The van der Waals surface area contributed by atoms with E-state index in [1.54, 1.807) is 4.57 Å². The normalized spacial score (nSPS) is 18.2. The SMILES string of the molecule is Cc1ccccc1NC(=O)CSc1nc(=O)n(C[C@@H]2CCCO2)c2c1CCC2. The molecule has 7 heteroatoms. The minimum atomic E-state index is -0.224. The topological polar surface area (TPSA) is 73.2 Å². The molecule has 0 radical (unpaired) electrons. The largest absolute Gasteiger partial charge is 0.376 e. The lowest BCUT2D eigenvalue weighted by Crippen LogP contribution is -2.31. The number of hydrogen-bond donors (Lipinski definition) is 1. The number of anilines is 1. The molecule has 1 N–H and O–H groups in total. The van der Waals surface area contributed by atoms with Gasteiger partial charge in [-0.1, -0.05) is 30.0 Å². The summed E-state index contributed by atoms with van der Waals surface area (Å²) in [7, 11) is 0. The summed E-state index contributed by atoms with van der Waals surface area (Å²) in [6.07, 6.45) is 4.99. The summed E-state index contributed by atoms with van der Waals surface area (Å²) in [5, 5.41) is 3.64. The minimum Gasteiger partial charge on any atom is -0.376 e. The number of fused-ring (bicyclic) bond motifs is 1. The lowest BCUT2D eigenvalue weighted by molar-refractivity contribution is -0.113. The van der Waals surface area contributed by atoms with E-state index in [9.17, 15) is 9.59 Å². The first-order chi connectivity index (χ1) is 13.6. The van der Waals surface area contributed by atoms with Crippen LogP contribution in [0.5, 0.6) is 0 Å². The minimum absolute atomic E-state index is 0.0867. The van der Waals surface area contributed by atoms with Crippen molar-refractivity contribution >= 4 is 23.4 Å². The molecule has 1 atom stereocenters. The number of thioether (sulfide) groups is 1. The van der Waals surface area contributed by atoms with E-state index in [-0.39, 0.29) is 23.5 Å². The Morgan fingerprint density at radius 3 is 2.96 bits per heavy atom. The molecule has 1 aliphatic heterocycles. The fourth-order valence-corrected chi connectivity index (χ4v) is 4.80. The van der Waals surface area contributed by atoms with E-state index in [0.717, 1.165) is 61.2 Å². The van der Waals surface area contributed by atoms with Crippen LogP contribution in [-0.4, -0.2) is 33.9 Å². The van der Waals surface area contributed by atoms with Gasteiger partial charge in [0.2, 0.25) is 5.91 Å². The van der Waals surface area contributed by atoms with Crippen LogP contribution < -0.4 is 11.0 Å². The number of benzene rings is 1. The third kappa shape index (κ3) is 4.15. The van der Waals surface area contributed by atoms with Gasteiger partial charge in [0.25, 0.3) is 0 Å². The van der Waals surface area contributed by atoms with Crippen molar-refractivity contribution in [3.8, 4) is 0 Å². The summed E-state index contributed by atoms with van der Waals surface area (Å²) < 4.78 is 7.50. The first kappa shape index (κ1) is 19.2. The van der Waals surface area contributed by atoms with Crippen LogP contribution in [0.25, 0.3) is 0 Å². The lowest BCUT2D eigenvalue weighted by atomic mass is 10.2. The highest BCUT2D eigenvalue weighted by Crippen LogP contribution is 2.30. The van der Waals surface area contributed by atoms with Gasteiger partial charge in [0.05, 0.1) is 18.4 Å². The number of para-hydroxylation sites is 1. The van der Waals surface area contributed by atoms with Crippen LogP contribution in [-0.2, 0) is 28.9 Å². The Bertz CT molecular complexity index is 935. The zero-order valence-corrected chi connectivity index (χ0v) is 16.9. The van der Waals surface area contributed by atoms with E-state index in [1.165, 1.54) is 11.8 Å². The average Bonchev–Trinajstić information content (AvgIpc) is 3.36. The van der Waals surface area contributed by atoms with Gasteiger partial charge in [0.1, 0.15) is 5.03 Å². The van der Waals surface area contributed by atoms with E-state index in [0.29, 0.717) is 11.6 Å². The van der Waals surface area contributed by atoms with Crippen LogP contribution in [0.3, 0.4) is 0 Å². The molecule has 1 saturated heterocycles. The summed E-state index contributed by atoms with van der Waals surface area (Å²) in [5.41, 5.74) is 3.83. The highest BCUT2D eigenvalue weighted by Gasteiger charge is 2.25. The number of rotatable bonds is 6. The van der Waals surface area contributed by atoms with Crippen LogP contribution in [0.15, 0.2) is 34.1 Å². The van der Waals surface area contributed by atoms with Gasteiger partial charge >= 0.3 is 5.69 Å². The number of carbonyl (C=O) groups excluding carboxylic acids is 1. The van der Waals surface area contributed by atoms with Gasteiger partial charge in [-0.25, -0.2) is 4.79 Å². The second-order valence-electron chi connectivity index (χ2n) is 7.38. The molecule has 1 fully saturated rings. The highest BCUT2D eigenvalue weighted by molar-refractivity contribution is 8.00. The van der Waals surface area contributed by atoms with Gasteiger partial charge < -0.3 is 10.1 Å². The first-order valence-corrected chi connectivity index (χ1v) is 10.8. The van der Waals surface area contributed by atoms with Gasteiger partial charge in [-0.15, -0.1) is 0 Å².